The molecule has 3 rings (SSSR count). The van der Waals surface area contributed by atoms with Gasteiger partial charge in [0.2, 0.25) is 0 Å². The normalized spacial score (nSPS) is 10.8. The quantitative estimate of drug-likeness (QED) is 0.152. The van der Waals surface area contributed by atoms with Crippen LogP contribution in [0.25, 0.3) is 6.08 Å². The molecule has 0 fully saturated rings. The first-order chi connectivity index (χ1) is 15.4. The van der Waals surface area contributed by atoms with E-state index in [-0.39, 0.29) is 22.6 Å². The number of halogens is 2. The highest BCUT2D eigenvalue weighted by Crippen LogP contribution is 2.30. The van der Waals surface area contributed by atoms with Gasteiger partial charge in [-0.25, -0.2) is 9.18 Å². The van der Waals surface area contributed by atoms with Crippen molar-refractivity contribution in [3.05, 3.63) is 92.8 Å². The third-order valence-electron chi connectivity index (χ3n) is 4.23. The van der Waals surface area contributed by atoms with E-state index in [0.29, 0.717) is 11.3 Å². The van der Waals surface area contributed by atoms with E-state index in [1.165, 1.54) is 43.5 Å². The van der Waals surface area contributed by atoms with Gasteiger partial charge in [-0.1, -0.05) is 12.1 Å². The fourth-order valence-electron chi connectivity index (χ4n) is 2.68. The number of carbonyl (C=O) groups excluding carboxylic acids is 2. The molecule has 0 aliphatic rings. The van der Waals surface area contributed by atoms with Gasteiger partial charge in [0.15, 0.2) is 11.5 Å². The monoisotopic (exact) mass is 542 g/mol. The second-order valence-electron chi connectivity index (χ2n) is 6.44. The molecule has 0 saturated carbocycles. The van der Waals surface area contributed by atoms with Gasteiger partial charge in [0.1, 0.15) is 17.5 Å². The highest BCUT2D eigenvalue weighted by atomic mass is 127. The van der Waals surface area contributed by atoms with Crippen molar-refractivity contribution in [1.29, 1.82) is 5.26 Å². The number of hydrogen-bond donors (Lipinski definition) is 1. The maximum Gasteiger partial charge on any atom is 0.343 e. The van der Waals surface area contributed by atoms with Crippen LogP contribution >= 0.6 is 22.6 Å². The molecule has 3 aromatic rings. The van der Waals surface area contributed by atoms with Crippen LogP contribution < -0.4 is 14.8 Å². The van der Waals surface area contributed by atoms with Crippen molar-refractivity contribution >= 4 is 46.2 Å². The zero-order chi connectivity index (χ0) is 23.1. The third kappa shape index (κ3) is 5.92. The van der Waals surface area contributed by atoms with Gasteiger partial charge in [0.25, 0.3) is 5.91 Å². The molecule has 0 aliphatic heterocycles. The van der Waals surface area contributed by atoms with Crippen molar-refractivity contribution in [2.45, 2.75) is 0 Å². The fraction of sp³-hybridized carbons (Fsp3) is 0.0417. The van der Waals surface area contributed by atoms with Crippen LogP contribution in [-0.4, -0.2) is 19.0 Å². The van der Waals surface area contributed by atoms with Gasteiger partial charge in [0.05, 0.1) is 12.7 Å². The Hall–Kier alpha value is -3.71. The predicted octanol–water partition coefficient (Wildman–Crippen LogP) is 5.20. The summed E-state index contributed by atoms with van der Waals surface area (Å²) >= 11 is 2.15. The minimum absolute atomic E-state index is 0.0510. The number of ether oxygens (including phenoxy) is 2. The molecule has 160 valence electrons. The highest BCUT2D eigenvalue weighted by molar-refractivity contribution is 14.1. The van der Waals surface area contributed by atoms with Crippen LogP contribution in [0.2, 0.25) is 0 Å². The molecule has 0 spiro atoms. The molecule has 0 aliphatic carbocycles. The Morgan fingerprint density at radius 1 is 1.06 bits per heavy atom. The maximum absolute atomic E-state index is 13.3. The molecule has 0 radical (unpaired) electrons. The van der Waals surface area contributed by atoms with E-state index >= 15 is 0 Å². The molecule has 0 saturated heterocycles. The molecule has 8 heteroatoms. The fourth-order valence-corrected chi connectivity index (χ4v) is 3.04. The lowest BCUT2D eigenvalue weighted by molar-refractivity contribution is -0.112. The van der Waals surface area contributed by atoms with Gasteiger partial charge in [-0.3, -0.25) is 4.79 Å². The number of nitriles is 1. The van der Waals surface area contributed by atoms with Crippen LogP contribution in [0, 0.1) is 20.7 Å². The molecule has 1 N–H and O–H groups in total. The average molecular weight is 542 g/mol. The number of amides is 1. The summed E-state index contributed by atoms with van der Waals surface area (Å²) in [4.78, 5) is 24.7. The Balaban J connectivity index is 1.79. The van der Waals surface area contributed by atoms with Crippen molar-refractivity contribution in [2.75, 3.05) is 12.4 Å². The van der Waals surface area contributed by atoms with Crippen molar-refractivity contribution in [1.82, 2.24) is 0 Å². The number of methoxy groups -OCH3 is 1. The summed E-state index contributed by atoms with van der Waals surface area (Å²) < 4.78 is 24.9. The van der Waals surface area contributed by atoms with Crippen LogP contribution in [-0.2, 0) is 4.79 Å². The molecule has 1 amide bonds. The van der Waals surface area contributed by atoms with Crippen molar-refractivity contribution < 1.29 is 23.5 Å². The molecule has 3 aromatic carbocycles. The average Bonchev–Trinajstić information content (AvgIpc) is 2.79. The van der Waals surface area contributed by atoms with Gasteiger partial charge < -0.3 is 14.8 Å². The van der Waals surface area contributed by atoms with Crippen molar-refractivity contribution in [3.63, 3.8) is 0 Å². The van der Waals surface area contributed by atoms with Gasteiger partial charge in [-0.15, -0.1) is 0 Å². The Morgan fingerprint density at radius 3 is 2.47 bits per heavy atom. The summed E-state index contributed by atoms with van der Waals surface area (Å²) in [5.74, 6) is -1.55. The zero-order valence-corrected chi connectivity index (χ0v) is 18.9. The molecule has 6 nitrogen and oxygen atoms in total. The first-order valence-corrected chi connectivity index (χ1v) is 10.3. The number of esters is 1. The van der Waals surface area contributed by atoms with E-state index in [9.17, 15) is 19.2 Å². The van der Waals surface area contributed by atoms with Crippen LogP contribution in [0.1, 0.15) is 15.9 Å². The maximum atomic E-state index is 13.3. The minimum atomic E-state index is -0.749. The second kappa shape index (κ2) is 10.5. The SMILES string of the molecule is COc1cc(/C=C(\C#N)C(=O)Nc2ccc(I)cc2)ccc1OC(=O)c1cccc(F)c1. The number of rotatable bonds is 6. The summed E-state index contributed by atoms with van der Waals surface area (Å²) in [6.45, 7) is 0. The highest BCUT2D eigenvalue weighted by Gasteiger charge is 2.15. The summed E-state index contributed by atoms with van der Waals surface area (Å²) in [5.41, 5.74) is 0.987. The number of benzene rings is 3. The standard InChI is InChI=1S/C24H16FIN2O4/c1-31-22-12-15(5-10-21(22)32-24(30)16-3-2-4-18(25)13-16)11-17(14-27)23(29)28-20-8-6-19(26)7-9-20/h2-13H,1H3,(H,28,29)/b17-11+. The third-order valence-corrected chi connectivity index (χ3v) is 4.95. The largest absolute Gasteiger partial charge is 0.493 e. The van der Waals surface area contributed by atoms with Gasteiger partial charge in [0, 0.05) is 9.26 Å². The molecule has 0 atom stereocenters. The number of hydrogen-bond acceptors (Lipinski definition) is 5. The van der Waals surface area contributed by atoms with Gasteiger partial charge in [-0.05, 0) is 88.8 Å². The molecular formula is C24H16FIN2O4. The van der Waals surface area contributed by atoms with Crippen LogP contribution in [0.3, 0.4) is 0 Å². The second-order valence-corrected chi connectivity index (χ2v) is 7.69. The van der Waals surface area contributed by atoms with E-state index < -0.39 is 17.7 Å². The topological polar surface area (TPSA) is 88.4 Å². The van der Waals surface area contributed by atoms with E-state index in [0.717, 1.165) is 9.64 Å². The molecule has 0 heterocycles. The molecule has 0 bridgehead atoms. The summed E-state index contributed by atoms with van der Waals surface area (Å²) in [6.07, 6.45) is 1.39. The molecule has 0 unspecified atom stereocenters. The number of nitrogens with zero attached hydrogens (tertiary/aromatic N) is 1. The first kappa shape index (κ1) is 23.0. The van der Waals surface area contributed by atoms with E-state index in [4.69, 9.17) is 9.47 Å². The smallest absolute Gasteiger partial charge is 0.343 e. The van der Waals surface area contributed by atoms with Crippen LogP contribution in [0.15, 0.2) is 72.3 Å². The Labute approximate surface area is 197 Å². The summed E-state index contributed by atoms with van der Waals surface area (Å²) in [7, 11) is 1.39. The summed E-state index contributed by atoms with van der Waals surface area (Å²) in [5, 5.41) is 12.1. The number of anilines is 1. The van der Waals surface area contributed by atoms with Gasteiger partial charge >= 0.3 is 5.97 Å². The molecule has 0 aromatic heterocycles. The van der Waals surface area contributed by atoms with Crippen molar-refractivity contribution in [3.8, 4) is 17.6 Å². The Morgan fingerprint density at radius 2 is 1.81 bits per heavy atom. The molecule has 32 heavy (non-hydrogen) atoms. The van der Waals surface area contributed by atoms with Crippen LogP contribution in [0.5, 0.6) is 11.5 Å². The lowest BCUT2D eigenvalue weighted by atomic mass is 10.1. The van der Waals surface area contributed by atoms with Gasteiger partial charge in [-0.2, -0.15) is 5.26 Å². The predicted molar refractivity (Wildman–Crippen MR) is 126 cm³/mol. The number of nitrogens with one attached hydrogen (secondary N) is 1. The van der Waals surface area contributed by atoms with Crippen LogP contribution in [0.4, 0.5) is 10.1 Å². The summed E-state index contributed by atoms with van der Waals surface area (Å²) in [6, 6.07) is 18.7. The van der Waals surface area contributed by atoms with E-state index in [1.54, 1.807) is 18.2 Å². The lowest BCUT2D eigenvalue weighted by Gasteiger charge is -2.10. The van der Waals surface area contributed by atoms with E-state index in [1.807, 2.05) is 18.2 Å². The zero-order valence-electron chi connectivity index (χ0n) is 16.8. The number of carbonyl (C=O) groups is 2. The van der Waals surface area contributed by atoms with Crippen molar-refractivity contribution in [2.24, 2.45) is 0 Å². The Kier molecular flexibility index (Phi) is 7.57. The minimum Gasteiger partial charge on any atom is -0.493 e. The first-order valence-electron chi connectivity index (χ1n) is 9.24. The lowest BCUT2D eigenvalue weighted by Crippen LogP contribution is -2.13. The molecular weight excluding hydrogens is 526 g/mol. The van der Waals surface area contributed by atoms with E-state index in [2.05, 4.69) is 27.9 Å². The Bertz CT molecular complexity index is 1230.